The van der Waals surface area contributed by atoms with Gasteiger partial charge in [0.15, 0.2) is 5.65 Å². The van der Waals surface area contributed by atoms with Gasteiger partial charge in [-0.3, -0.25) is 10.1 Å². The molecule has 0 radical (unpaired) electrons. The first kappa shape index (κ1) is 18.2. The minimum atomic E-state index is -3.13. The van der Waals surface area contributed by atoms with Crippen LogP contribution in [0.5, 0.6) is 0 Å². The number of carbonyl (C=O) groups excluding carboxylic acids is 2. The minimum absolute atomic E-state index is 0.0602. The van der Waals surface area contributed by atoms with Gasteiger partial charge in [0.1, 0.15) is 15.5 Å². The zero-order chi connectivity index (χ0) is 19.9. The Kier molecular flexibility index (Phi) is 4.37. The summed E-state index contributed by atoms with van der Waals surface area (Å²) >= 11 is 0. The van der Waals surface area contributed by atoms with E-state index < -0.39 is 21.8 Å². The molecule has 4 N–H and O–H groups in total. The summed E-state index contributed by atoms with van der Waals surface area (Å²) in [5.74, 6) is 0.0921. The van der Waals surface area contributed by atoms with Crippen molar-refractivity contribution in [3.63, 3.8) is 0 Å². The van der Waals surface area contributed by atoms with Gasteiger partial charge in [0.2, 0.25) is 11.9 Å². The van der Waals surface area contributed by atoms with Crippen molar-refractivity contribution in [3.8, 4) is 0 Å². The molecule has 1 aliphatic heterocycles. The van der Waals surface area contributed by atoms with Crippen molar-refractivity contribution in [2.24, 2.45) is 0 Å². The Morgan fingerprint density at radius 2 is 2.07 bits per heavy atom. The van der Waals surface area contributed by atoms with Crippen LogP contribution >= 0.6 is 0 Å². The molecule has 1 aliphatic carbocycles. The van der Waals surface area contributed by atoms with Crippen LogP contribution in [0.2, 0.25) is 0 Å². The van der Waals surface area contributed by atoms with E-state index in [0.29, 0.717) is 23.2 Å². The Balaban J connectivity index is 1.69. The second-order valence-electron chi connectivity index (χ2n) is 6.65. The SMILES string of the molecule is CS(=O)(=O)CCNc1nc(NC2CC2)n2ncc(/C=C3\NC(=O)NC3=O)c2n1. The first-order valence-corrected chi connectivity index (χ1v) is 10.6. The highest BCUT2D eigenvalue weighted by molar-refractivity contribution is 7.90. The molecule has 0 aromatic carbocycles. The van der Waals surface area contributed by atoms with Crippen molar-refractivity contribution in [3.05, 3.63) is 17.5 Å². The molecule has 13 heteroatoms. The molecule has 12 nitrogen and oxygen atoms in total. The number of hydrogen-bond donors (Lipinski definition) is 4. The van der Waals surface area contributed by atoms with Gasteiger partial charge < -0.3 is 16.0 Å². The quantitative estimate of drug-likeness (QED) is 0.345. The fraction of sp³-hybridized carbons (Fsp3) is 0.400. The molecule has 148 valence electrons. The highest BCUT2D eigenvalue weighted by Crippen LogP contribution is 2.25. The molecule has 28 heavy (non-hydrogen) atoms. The molecule has 0 atom stereocenters. The fourth-order valence-corrected chi connectivity index (χ4v) is 3.04. The van der Waals surface area contributed by atoms with Crippen LogP contribution in [0, 0.1) is 0 Å². The number of imide groups is 1. The van der Waals surface area contributed by atoms with Gasteiger partial charge in [0.25, 0.3) is 5.91 Å². The number of hydrogen-bond acceptors (Lipinski definition) is 9. The summed E-state index contributed by atoms with van der Waals surface area (Å²) in [5, 5.41) is 15.0. The summed E-state index contributed by atoms with van der Waals surface area (Å²) < 4.78 is 24.2. The van der Waals surface area contributed by atoms with Crippen molar-refractivity contribution in [1.29, 1.82) is 0 Å². The summed E-state index contributed by atoms with van der Waals surface area (Å²) in [6.07, 6.45) is 6.17. The van der Waals surface area contributed by atoms with E-state index in [1.54, 1.807) is 0 Å². The Bertz CT molecular complexity index is 1100. The predicted octanol–water partition coefficient (Wildman–Crippen LogP) is -0.665. The van der Waals surface area contributed by atoms with Gasteiger partial charge in [-0.15, -0.1) is 0 Å². The molecule has 2 aliphatic rings. The lowest BCUT2D eigenvalue weighted by Gasteiger charge is -2.10. The number of rotatable bonds is 7. The number of anilines is 2. The van der Waals surface area contributed by atoms with E-state index in [9.17, 15) is 18.0 Å². The van der Waals surface area contributed by atoms with Gasteiger partial charge >= 0.3 is 6.03 Å². The molecule has 0 unspecified atom stereocenters. The average molecular weight is 406 g/mol. The number of aromatic nitrogens is 4. The highest BCUT2D eigenvalue weighted by Gasteiger charge is 2.25. The smallest absolute Gasteiger partial charge is 0.326 e. The van der Waals surface area contributed by atoms with Crippen molar-refractivity contribution < 1.29 is 18.0 Å². The maximum absolute atomic E-state index is 11.8. The van der Waals surface area contributed by atoms with Gasteiger partial charge in [0.05, 0.1) is 11.9 Å². The molecule has 1 saturated heterocycles. The van der Waals surface area contributed by atoms with E-state index >= 15 is 0 Å². The first-order chi connectivity index (χ1) is 13.3. The van der Waals surface area contributed by atoms with Gasteiger partial charge in [-0.25, -0.2) is 13.2 Å². The Hall–Kier alpha value is -3.22. The standard InChI is InChI=1S/C15H18N8O4S/c1-28(26,27)5-4-16-13-20-11-8(6-10-12(24)21-15(25)19-10)7-17-23(11)14(22-13)18-9-2-3-9/h6-7,9H,2-5H2,1H3,(H2,16,18,20,22)(H2,19,21,24,25)/b10-6-. The van der Waals surface area contributed by atoms with E-state index in [1.165, 1.54) is 16.8 Å². The van der Waals surface area contributed by atoms with E-state index in [-0.39, 0.29) is 23.9 Å². The molecule has 0 bridgehead atoms. The fourth-order valence-electron chi connectivity index (χ4n) is 2.57. The monoisotopic (exact) mass is 406 g/mol. The molecule has 3 heterocycles. The second-order valence-corrected chi connectivity index (χ2v) is 8.91. The van der Waals surface area contributed by atoms with E-state index in [4.69, 9.17) is 0 Å². The average Bonchev–Trinajstić information content (AvgIpc) is 3.23. The molecule has 0 spiro atoms. The van der Waals surface area contributed by atoms with Crippen LogP contribution in [-0.4, -0.2) is 64.5 Å². The van der Waals surface area contributed by atoms with E-state index in [2.05, 4.69) is 36.3 Å². The third-order valence-electron chi connectivity index (χ3n) is 4.08. The van der Waals surface area contributed by atoms with Gasteiger partial charge in [-0.05, 0) is 18.9 Å². The zero-order valence-electron chi connectivity index (χ0n) is 14.9. The number of sulfone groups is 1. The first-order valence-electron chi connectivity index (χ1n) is 8.56. The van der Waals surface area contributed by atoms with Crippen molar-refractivity contribution in [1.82, 2.24) is 30.2 Å². The zero-order valence-corrected chi connectivity index (χ0v) is 15.7. The summed E-state index contributed by atoms with van der Waals surface area (Å²) in [6, 6.07) is -0.297. The second kappa shape index (κ2) is 6.74. The van der Waals surface area contributed by atoms with Gasteiger partial charge in [-0.2, -0.15) is 19.6 Å². The summed E-state index contributed by atoms with van der Waals surface area (Å²) in [4.78, 5) is 31.8. The van der Waals surface area contributed by atoms with Crippen LogP contribution in [0.3, 0.4) is 0 Å². The Labute approximate surface area is 159 Å². The number of carbonyl (C=O) groups is 2. The van der Waals surface area contributed by atoms with Crippen LogP contribution in [-0.2, 0) is 14.6 Å². The minimum Gasteiger partial charge on any atom is -0.353 e. The largest absolute Gasteiger partial charge is 0.353 e. The van der Waals surface area contributed by atoms with Crippen molar-refractivity contribution in [2.45, 2.75) is 18.9 Å². The van der Waals surface area contributed by atoms with Crippen molar-refractivity contribution in [2.75, 3.05) is 29.2 Å². The molecule has 3 amide bonds. The van der Waals surface area contributed by atoms with Crippen LogP contribution in [0.15, 0.2) is 11.9 Å². The van der Waals surface area contributed by atoms with Gasteiger partial charge in [-0.1, -0.05) is 0 Å². The lowest BCUT2D eigenvalue weighted by atomic mass is 10.2. The number of urea groups is 1. The number of fused-ring (bicyclic) bond motifs is 1. The molecule has 4 rings (SSSR count). The number of nitrogens with zero attached hydrogens (tertiary/aromatic N) is 4. The summed E-state index contributed by atoms with van der Waals surface area (Å²) in [7, 11) is -3.13. The predicted molar refractivity (Wildman–Crippen MR) is 100 cm³/mol. The molecule has 2 aromatic heterocycles. The molecule has 2 fully saturated rings. The van der Waals surface area contributed by atoms with E-state index in [1.807, 2.05) is 0 Å². The lowest BCUT2D eigenvalue weighted by Crippen LogP contribution is -2.22. The van der Waals surface area contributed by atoms with Crippen LogP contribution in [0.1, 0.15) is 18.4 Å². The molecule has 1 saturated carbocycles. The lowest BCUT2D eigenvalue weighted by molar-refractivity contribution is -0.115. The topological polar surface area (TPSA) is 159 Å². The Morgan fingerprint density at radius 3 is 2.71 bits per heavy atom. The van der Waals surface area contributed by atoms with Crippen molar-refractivity contribution >= 4 is 45.4 Å². The van der Waals surface area contributed by atoms with Crippen LogP contribution in [0.25, 0.3) is 11.7 Å². The third kappa shape index (κ3) is 4.03. The van der Waals surface area contributed by atoms with Crippen LogP contribution < -0.4 is 21.3 Å². The third-order valence-corrected chi connectivity index (χ3v) is 5.03. The maximum Gasteiger partial charge on any atom is 0.326 e. The molecular weight excluding hydrogens is 388 g/mol. The highest BCUT2D eigenvalue weighted by atomic mass is 32.2. The van der Waals surface area contributed by atoms with Gasteiger partial charge in [0, 0.05) is 24.4 Å². The normalized spacial score (nSPS) is 18.4. The summed E-state index contributed by atoms with van der Waals surface area (Å²) in [5.41, 5.74) is 0.989. The Morgan fingerprint density at radius 1 is 1.29 bits per heavy atom. The number of amides is 3. The molecular formula is C15H18N8O4S. The van der Waals surface area contributed by atoms with Crippen LogP contribution in [0.4, 0.5) is 16.7 Å². The maximum atomic E-state index is 11.8. The number of nitrogens with one attached hydrogen (secondary N) is 4. The summed E-state index contributed by atoms with van der Waals surface area (Å²) in [6.45, 7) is 0.154. The molecule has 2 aromatic rings. The van der Waals surface area contributed by atoms with E-state index in [0.717, 1.165) is 19.1 Å².